The fraction of sp³-hybridized carbons (Fsp3) is 0.118. The van der Waals surface area contributed by atoms with Crippen molar-refractivity contribution in [1.29, 1.82) is 0 Å². The second-order valence-electron chi connectivity index (χ2n) is 5.44. The fourth-order valence-electron chi connectivity index (χ4n) is 2.56. The summed E-state index contributed by atoms with van der Waals surface area (Å²) in [6, 6.07) is 12.9. The van der Waals surface area contributed by atoms with Crippen molar-refractivity contribution in [2.75, 3.05) is 6.54 Å². The molecule has 1 aromatic carbocycles. The number of rotatable bonds is 5. The van der Waals surface area contributed by atoms with Crippen LogP contribution in [0.25, 0.3) is 11.3 Å². The van der Waals surface area contributed by atoms with Crippen LogP contribution < -0.4 is 5.32 Å². The molecule has 3 heterocycles. The summed E-state index contributed by atoms with van der Waals surface area (Å²) in [4.78, 5) is 16.1. The lowest BCUT2D eigenvalue weighted by Crippen LogP contribution is -2.26. The van der Waals surface area contributed by atoms with E-state index in [1.165, 1.54) is 6.33 Å². The van der Waals surface area contributed by atoms with Gasteiger partial charge in [0, 0.05) is 24.7 Å². The van der Waals surface area contributed by atoms with Crippen LogP contribution >= 0.6 is 0 Å². The van der Waals surface area contributed by atoms with Crippen LogP contribution in [0, 0.1) is 0 Å². The molecule has 1 amide bonds. The Kier molecular flexibility index (Phi) is 3.91. The van der Waals surface area contributed by atoms with Gasteiger partial charge in [-0.15, -0.1) is 10.2 Å². The molecule has 8 heteroatoms. The molecule has 25 heavy (non-hydrogen) atoms. The number of pyridine rings is 1. The second kappa shape index (κ2) is 6.52. The summed E-state index contributed by atoms with van der Waals surface area (Å²) in [5.41, 5.74) is 2.24. The highest BCUT2D eigenvalue weighted by molar-refractivity contribution is 5.94. The van der Waals surface area contributed by atoms with E-state index in [-0.39, 0.29) is 5.91 Å². The zero-order valence-corrected chi connectivity index (χ0v) is 13.3. The standard InChI is InChI=1S/C17H15N7O/c25-17(13-4-6-14(7-5-13)24-12-18-11-20-24)19-9-8-16-22-21-15-3-1-2-10-23(15)16/h1-7,10-12H,8-9H2,(H,19,25). The van der Waals surface area contributed by atoms with Gasteiger partial charge in [0.15, 0.2) is 5.65 Å². The van der Waals surface area contributed by atoms with E-state index in [0.29, 0.717) is 18.5 Å². The van der Waals surface area contributed by atoms with Crippen molar-refractivity contribution in [3.05, 3.63) is 72.7 Å². The van der Waals surface area contributed by atoms with Gasteiger partial charge >= 0.3 is 0 Å². The van der Waals surface area contributed by atoms with Crippen molar-refractivity contribution in [3.8, 4) is 5.69 Å². The molecule has 124 valence electrons. The average Bonchev–Trinajstić information content (AvgIpc) is 3.32. The number of amides is 1. The first-order chi connectivity index (χ1) is 12.3. The molecule has 0 spiro atoms. The van der Waals surface area contributed by atoms with Crippen molar-refractivity contribution in [2.45, 2.75) is 6.42 Å². The molecule has 0 atom stereocenters. The van der Waals surface area contributed by atoms with Gasteiger partial charge < -0.3 is 5.32 Å². The molecular formula is C17H15N7O. The van der Waals surface area contributed by atoms with E-state index < -0.39 is 0 Å². The molecule has 0 saturated carbocycles. The Morgan fingerprint density at radius 1 is 1.08 bits per heavy atom. The average molecular weight is 333 g/mol. The lowest BCUT2D eigenvalue weighted by Gasteiger charge is -2.06. The summed E-state index contributed by atoms with van der Waals surface area (Å²) in [6.45, 7) is 0.485. The van der Waals surface area contributed by atoms with Crippen LogP contribution in [0.5, 0.6) is 0 Å². The van der Waals surface area contributed by atoms with Gasteiger partial charge in [0.25, 0.3) is 5.91 Å². The van der Waals surface area contributed by atoms with Gasteiger partial charge in [-0.25, -0.2) is 9.67 Å². The molecule has 0 aliphatic carbocycles. The third-order valence-electron chi connectivity index (χ3n) is 3.83. The minimum atomic E-state index is -0.126. The molecule has 0 aliphatic heterocycles. The van der Waals surface area contributed by atoms with E-state index in [9.17, 15) is 4.79 Å². The summed E-state index contributed by atoms with van der Waals surface area (Å²) >= 11 is 0. The van der Waals surface area contributed by atoms with Gasteiger partial charge in [0.05, 0.1) is 5.69 Å². The van der Waals surface area contributed by atoms with E-state index in [4.69, 9.17) is 0 Å². The van der Waals surface area contributed by atoms with Crippen molar-refractivity contribution in [1.82, 2.24) is 34.7 Å². The number of nitrogens with one attached hydrogen (secondary N) is 1. The molecular weight excluding hydrogens is 318 g/mol. The molecule has 4 aromatic rings. The molecule has 8 nitrogen and oxygen atoms in total. The van der Waals surface area contributed by atoms with E-state index in [1.807, 2.05) is 40.9 Å². The van der Waals surface area contributed by atoms with Crippen molar-refractivity contribution in [2.24, 2.45) is 0 Å². The first-order valence-electron chi connectivity index (χ1n) is 7.83. The molecule has 1 N–H and O–H groups in total. The SMILES string of the molecule is O=C(NCCc1nnc2ccccn12)c1ccc(-n2cncn2)cc1. The first-order valence-corrected chi connectivity index (χ1v) is 7.83. The summed E-state index contributed by atoms with van der Waals surface area (Å²) in [6.07, 6.45) is 5.59. The Hall–Kier alpha value is -3.55. The maximum Gasteiger partial charge on any atom is 0.251 e. The highest BCUT2D eigenvalue weighted by Crippen LogP contribution is 2.08. The molecule has 0 aliphatic rings. The predicted molar refractivity (Wildman–Crippen MR) is 90.4 cm³/mol. The number of aromatic nitrogens is 6. The van der Waals surface area contributed by atoms with Crippen LogP contribution in [0.2, 0.25) is 0 Å². The van der Waals surface area contributed by atoms with E-state index in [2.05, 4.69) is 25.6 Å². The number of fused-ring (bicyclic) bond motifs is 1. The van der Waals surface area contributed by atoms with Crippen molar-refractivity contribution in [3.63, 3.8) is 0 Å². The van der Waals surface area contributed by atoms with Crippen LogP contribution in [0.15, 0.2) is 61.3 Å². The van der Waals surface area contributed by atoms with Crippen LogP contribution in [0.1, 0.15) is 16.2 Å². The number of benzene rings is 1. The topological polar surface area (TPSA) is 90.0 Å². The molecule has 3 aromatic heterocycles. The number of carbonyl (C=O) groups is 1. The number of hydrogen-bond donors (Lipinski definition) is 1. The smallest absolute Gasteiger partial charge is 0.251 e. The van der Waals surface area contributed by atoms with E-state index >= 15 is 0 Å². The number of nitrogens with zero attached hydrogens (tertiary/aromatic N) is 6. The number of hydrogen-bond acceptors (Lipinski definition) is 5. The lowest BCUT2D eigenvalue weighted by atomic mass is 10.2. The van der Waals surface area contributed by atoms with Gasteiger partial charge in [0.1, 0.15) is 18.5 Å². The van der Waals surface area contributed by atoms with Gasteiger partial charge in [-0.2, -0.15) is 5.10 Å². The largest absolute Gasteiger partial charge is 0.352 e. The summed E-state index contributed by atoms with van der Waals surface area (Å²) in [7, 11) is 0. The lowest BCUT2D eigenvalue weighted by molar-refractivity contribution is 0.0954. The number of carbonyl (C=O) groups excluding carboxylic acids is 1. The molecule has 0 bridgehead atoms. The van der Waals surface area contributed by atoms with Crippen LogP contribution in [-0.2, 0) is 6.42 Å². The Morgan fingerprint density at radius 2 is 1.96 bits per heavy atom. The van der Waals surface area contributed by atoms with Crippen LogP contribution in [0.4, 0.5) is 0 Å². The zero-order chi connectivity index (χ0) is 17.1. The second-order valence-corrected chi connectivity index (χ2v) is 5.44. The van der Waals surface area contributed by atoms with Gasteiger partial charge in [-0.05, 0) is 36.4 Å². The van der Waals surface area contributed by atoms with Gasteiger partial charge in [-0.1, -0.05) is 6.07 Å². The van der Waals surface area contributed by atoms with E-state index in [1.54, 1.807) is 23.1 Å². The first kappa shape index (κ1) is 15.0. The maximum absolute atomic E-state index is 12.2. The molecule has 4 rings (SSSR count). The third-order valence-corrected chi connectivity index (χ3v) is 3.83. The Balaban J connectivity index is 1.37. The fourth-order valence-corrected chi connectivity index (χ4v) is 2.56. The quantitative estimate of drug-likeness (QED) is 0.594. The Labute approximate surface area is 143 Å². The summed E-state index contributed by atoms with van der Waals surface area (Å²) in [5.74, 6) is 0.691. The van der Waals surface area contributed by atoms with Gasteiger partial charge in [0.2, 0.25) is 0 Å². The summed E-state index contributed by atoms with van der Waals surface area (Å²) in [5, 5.41) is 15.2. The normalized spacial score (nSPS) is 10.9. The van der Waals surface area contributed by atoms with Gasteiger partial charge in [-0.3, -0.25) is 9.20 Å². The summed E-state index contributed by atoms with van der Waals surface area (Å²) < 4.78 is 3.55. The Morgan fingerprint density at radius 3 is 2.76 bits per heavy atom. The van der Waals surface area contributed by atoms with Crippen LogP contribution in [-0.4, -0.2) is 41.8 Å². The monoisotopic (exact) mass is 333 g/mol. The predicted octanol–water partition coefficient (Wildman–Crippen LogP) is 1.28. The minimum absolute atomic E-state index is 0.126. The molecule has 0 radical (unpaired) electrons. The Bertz CT molecular complexity index is 989. The maximum atomic E-state index is 12.2. The minimum Gasteiger partial charge on any atom is -0.352 e. The molecule has 0 unspecified atom stereocenters. The molecule has 0 fully saturated rings. The van der Waals surface area contributed by atoms with E-state index in [0.717, 1.165) is 17.2 Å². The highest BCUT2D eigenvalue weighted by Gasteiger charge is 2.08. The highest BCUT2D eigenvalue weighted by atomic mass is 16.1. The van der Waals surface area contributed by atoms with Crippen LogP contribution in [0.3, 0.4) is 0 Å². The van der Waals surface area contributed by atoms with Crippen molar-refractivity contribution >= 4 is 11.6 Å². The third kappa shape index (κ3) is 3.09. The zero-order valence-electron chi connectivity index (χ0n) is 13.3. The molecule has 0 saturated heterocycles. The van der Waals surface area contributed by atoms with Crippen molar-refractivity contribution < 1.29 is 4.79 Å².